The van der Waals surface area contributed by atoms with Crippen LogP contribution in [0, 0.1) is 5.82 Å². The Morgan fingerprint density at radius 1 is 1.00 bits per heavy atom. The van der Waals surface area contributed by atoms with Gasteiger partial charge < -0.3 is 10.6 Å². The van der Waals surface area contributed by atoms with Crippen LogP contribution in [0.1, 0.15) is 26.3 Å². The Morgan fingerprint density at radius 3 is 2.56 bits per heavy atom. The molecule has 0 aliphatic rings. The number of para-hydroxylation sites is 1. The number of hydrogen-bond donors (Lipinski definition) is 2. The van der Waals surface area contributed by atoms with Crippen LogP contribution in [0.15, 0.2) is 67.0 Å². The maximum atomic E-state index is 13.9. The van der Waals surface area contributed by atoms with Gasteiger partial charge in [-0.15, -0.1) is 0 Å². The molecular formula is C20H15ClFN3O2. The molecule has 3 rings (SSSR count). The topological polar surface area (TPSA) is 71.1 Å². The zero-order valence-corrected chi connectivity index (χ0v) is 14.8. The molecule has 7 heteroatoms. The minimum absolute atomic E-state index is 0.0230. The lowest BCUT2D eigenvalue weighted by molar-refractivity contribution is 0.0950. The maximum Gasteiger partial charge on any atom is 0.260 e. The number of hydrogen-bond acceptors (Lipinski definition) is 3. The molecule has 0 bridgehead atoms. The molecule has 0 saturated heterocycles. The van der Waals surface area contributed by atoms with E-state index in [-0.39, 0.29) is 23.0 Å². The number of pyridine rings is 1. The van der Waals surface area contributed by atoms with E-state index in [0.717, 1.165) is 0 Å². The summed E-state index contributed by atoms with van der Waals surface area (Å²) in [6, 6.07) is 14.3. The molecular weight excluding hydrogens is 369 g/mol. The van der Waals surface area contributed by atoms with Gasteiger partial charge in [-0.3, -0.25) is 14.6 Å². The minimum Gasteiger partial charge on any atom is -0.348 e. The van der Waals surface area contributed by atoms with Crippen molar-refractivity contribution in [3.63, 3.8) is 0 Å². The Hall–Kier alpha value is -3.25. The Balaban J connectivity index is 1.74. The molecule has 0 unspecified atom stereocenters. The van der Waals surface area contributed by atoms with Crippen LogP contribution in [-0.4, -0.2) is 16.8 Å². The second-order valence-corrected chi connectivity index (χ2v) is 6.04. The largest absolute Gasteiger partial charge is 0.348 e. The van der Waals surface area contributed by atoms with Crippen LogP contribution in [0.4, 0.5) is 10.1 Å². The molecule has 0 radical (unpaired) electrons. The van der Waals surface area contributed by atoms with Crippen LogP contribution in [-0.2, 0) is 6.54 Å². The van der Waals surface area contributed by atoms with Crippen molar-refractivity contribution in [1.29, 1.82) is 0 Å². The molecule has 0 aliphatic heterocycles. The van der Waals surface area contributed by atoms with Crippen LogP contribution < -0.4 is 10.6 Å². The smallest absolute Gasteiger partial charge is 0.260 e. The molecule has 3 aromatic rings. The molecule has 0 saturated carbocycles. The van der Waals surface area contributed by atoms with Gasteiger partial charge in [0.15, 0.2) is 0 Å². The highest BCUT2D eigenvalue weighted by atomic mass is 35.5. The first-order valence-electron chi connectivity index (χ1n) is 8.08. The van der Waals surface area contributed by atoms with Gasteiger partial charge in [0, 0.05) is 24.6 Å². The number of carbonyl (C=O) groups is 2. The highest BCUT2D eigenvalue weighted by Crippen LogP contribution is 2.22. The summed E-state index contributed by atoms with van der Waals surface area (Å²) >= 11 is 5.94. The van der Waals surface area contributed by atoms with Crippen molar-refractivity contribution >= 4 is 29.1 Å². The Bertz CT molecular complexity index is 960. The summed E-state index contributed by atoms with van der Waals surface area (Å²) in [5.74, 6) is -1.66. The fourth-order valence-corrected chi connectivity index (χ4v) is 2.72. The number of benzene rings is 2. The molecule has 0 aliphatic carbocycles. The van der Waals surface area contributed by atoms with E-state index in [1.54, 1.807) is 42.6 Å². The Labute approximate surface area is 160 Å². The van der Waals surface area contributed by atoms with Crippen molar-refractivity contribution in [2.24, 2.45) is 0 Å². The van der Waals surface area contributed by atoms with Crippen molar-refractivity contribution in [2.45, 2.75) is 6.54 Å². The third-order valence-corrected chi connectivity index (χ3v) is 4.13. The molecule has 2 aromatic carbocycles. The summed E-state index contributed by atoms with van der Waals surface area (Å²) in [5, 5.41) is 5.43. The molecule has 27 heavy (non-hydrogen) atoms. The Morgan fingerprint density at radius 2 is 1.81 bits per heavy atom. The van der Waals surface area contributed by atoms with Gasteiger partial charge in [0.2, 0.25) is 0 Å². The first kappa shape index (κ1) is 18.5. The number of carbonyl (C=O) groups excluding carboxylic acids is 2. The van der Waals surface area contributed by atoms with Gasteiger partial charge >= 0.3 is 0 Å². The first-order valence-corrected chi connectivity index (χ1v) is 8.45. The lowest BCUT2D eigenvalue weighted by atomic mass is 10.1. The Kier molecular flexibility index (Phi) is 5.78. The lowest BCUT2D eigenvalue weighted by Gasteiger charge is -2.13. The van der Waals surface area contributed by atoms with Crippen molar-refractivity contribution < 1.29 is 14.0 Å². The average molecular weight is 384 g/mol. The number of aromatic nitrogens is 1. The van der Waals surface area contributed by atoms with E-state index >= 15 is 0 Å². The van der Waals surface area contributed by atoms with Gasteiger partial charge in [-0.05, 0) is 35.9 Å². The molecule has 1 heterocycles. The van der Waals surface area contributed by atoms with Crippen LogP contribution in [0.3, 0.4) is 0 Å². The van der Waals surface area contributed by atoms with Crippen molar-refractivity contribution in [1.82, 2.24) is 10.3 Å². The standard InChI is InChI=1S/C20H15ClFN3O2/c21-15-7-3-8-16(22)18(15)20(27)25-17-9-2-1-5-13(17)12-24-19(26)14-6-4-10-23-11-14/h1-11H,12H2,(H,24,26)(H,25,27). The lowest BCUT2D eigenvalue weighted by Crippen LogP contribution is -2.24. The first-order chi connectivity index (χ1) is 13.1. The van der Waals surface area contributed by atoms with Crippen LogP contribution in [0.2, 0.25) is 5.02 Å². The molecule has 2 N–H and O–H groups in total. The summed E-state index contributed by atoms with van der Waals surface area (Å²) in [5.41, 5.74) is 1.31. The van der Waals surface area contributed by atoms with Crippen LogP contribution in [0.25, 0.3) is 0 Å². The van der Waals surface area contributed by atoms with E-state index in [0.29, 0.717) is 16.8 Å². The molecule has 1 aromatic heterocycles. The zero-order chi connectivity index (χ0) is 19.2. The minimum atomic E-state index is -0.706. The van der Waals surface area contributed by atoms with Gasteiger partial charge in [0.05, 0.1) is 16.1 Å². The molecule has 2 amide bonds. The predicted molar refractivity (Wildman–Crippen MR) is 101 cm³/mol. The SMILES string of the molecule is O=C(NCc1ccccc1NC(=O)c1c(F)cccc1Cl)c1cccnc1. The quantitative estimate of drug-likeness (QED) is 0.698. The van der Waals surface area contributed by atoms with Crippen molar-refractivity contribution in [3.8, 4) is 0 Å². The molecule has 0 atom stereocenters. The summed E-state index contributed by atoms with van der Waals surface area (Å²) in [6.45, 7) is 0.176. The fourth-order valence-electron chi connectivity index (χ4n) is 2.47. The second-order valence-electron chi connectivity index (χ2n) is 5.63. The average Bonchev–Trinajstić information content (AvgIpc) is 2.67. The van der Waals surface area contributed by atoms with E-state index in [1.807, 2.05) is 0 Å². The number of amides is 2. The zero-order valence-electron chi connectivity index (χ0n) is 14.1. The summed E-state index contributed by atoms with van der Waals surface area (Å²) in [4.78, 5) is 28.5. The normalized spacial score (nSPS) is 10.3. The van der Waals surface area contributed by atoms with Gasteiger partial charge in [-0.1, -0.05) is 35.9 Å². The van der Waals surface area contributed by atoms with Crippen molar-refractivity contribution in [3.05, 3.63) is 94.5 Å². The van der Waals surface area contributed by atoms with E-state index in [1.165, 1.54) is 24.4 Å². The molecule has 136 valence electrons. The highest BCUT2D eigenvalue weighted by molar-refractivity contribution is 6.34. The number of rotatable bonds is 5. The number of nitrogens with one attached hydrogen (secondary N) is 2. The van der Waals surface area contributed by atoms with E-state index < -0.39 is 11.7 Å². The van der Waals surface area contributed by atoms with E-state index in [2.05, 4.69) is 15.6 Å². The van der Waals surface area contributed by atoms with Gasteiger partial charge in [-0.2, -0.15) is 0 Å². The third kappa shape index (κ3) is 4.48. The second kappa shape index (κ2) is 8.42. The van der Waals surface area contributed by atoms with Crippen molar-refractivity contribution in [2.75, 3.05) is 5.32 Å². The van der Waals surface area contributed by atoms with Gasteiger partial charge in [0.25, 0.3) is 11.8 Å². The summed E-state index contributed by atoms with van der Waals surface area (Å²) in [6.07, 6.45) is 3.04. The fraction of sp³-hybridized carbons (Fsp3) is 0.0500. The number of halogens is 2. The maximum absolute atomic E-state index is 13.9. The van der Waals surface area contributed by atoms with Gasteiger partial charge in [-0.25, -0.2) is 4.39 Å². The monoisotopic (exact) mass is 383 g/mol. The molecule has 0 spiro atoms. The van der Waals surface area contributed by atoms with E-state index in [9.17, 15) is 14.0 Å². The van der Waals surface area contributed by atoms with Gasteiger partial charge in [0.1, 0.15) is 5.82 Å². The van der Waals surface area contributed by atoms with Crippen LogP contribution in [0.5, 0.6) is 0 Å². The van der Waals surface area contributed by atoms with Crippen LogP contribution >= 0.6 is 11.6 Å². The predicted octanol–water partition coefficient (Wildman–Crippen LogP) is 4.06. The number of anilines is 1. The molecule has 5 nitrogen and oxygen atoms in total. The molecule has 0 fully saturated rings. The third-order valence-electron chi connectivity index (χ3n) is 3.82. The summed E-state index contributed by atoms with van der Waals surface area (Å²) in [7, 11) is 0. The van der Waals surface area contributed by atoms with E-state index in [4.69, 9.17) is 11.6 Å². The summed E-state index contributed by atoms with van der Waals surface area (Å²) < 4.78 is 13.9. The highest BCUT2D eigenvalue weighted by Gasteiger charge is 2.17. The number of nitrogens with zero attached hydrogens (tertiary/aromatic N) is 1.